The van der Waals surface area contributed by atoms with Gasteiger partial charge in [0.15, 0.2) is 0 Å². The van der Waals surface area contributed by atoms with Crippen LogP contribution in [0.3, 0.4) is 0 Å². The van der Waals surface area contributed by atoms with Crippen LogP contribution in [0, 0.1) is 0 Å². The summed E-state index contributed by atoms with van der Waals surface area (Å²) in [5.41, 5.74) is 8.39. The number of benzene rings is 1. The third kappa shape index (κ3) is 1.52. The molecule has 3 nitrogen and oxygen atoms in total. The summed E-state index contributed by atoms with van der Waals surface area (Å²) in [5, 5.41) is 7.55. The molecule has 1 aromatic carbocycles. The predicted octanol–water partition coefficient (Wildman–Crippen LogP) is 2.19. The number of nitrogens with zero attached hydrogens (tertiary/aromatic N) is 1. The largest absolute Gasteiger partial charge is 0.326 e. The molecule has 0 unspecified atom stereocenters. The van der Waals surface area contributed by atoms with Gasteiger partial charge in [-0.25, -0.2) is 0 Å². The first-order valence-electron chi connectivity index (χ1n) is 4.30. The summed E-state index contributed by atoms with van der Waals surface area (Å²) in [6.07, 6.45) is 1.72. The van der Waals surface area contributed by atoms with Crippen molar-refractivity contribution in [2.24, 2.45) is 5.73 Å². The Balaban J connectivity index is 2.54. The highest BCUT2D eigenvalue weighted by Gasteiger charge is 2.08. The fourth-order valence-corrected chi connectivity index (χ4v) is 1.59. The molecular formula is C10H10ClN3. The Morgan fingerprint density at radius 1 is 1.36 bits per heavy atom. The number of hydrogen-bond donors (Lipinski definition) is 2. The van der Waals surface area contributed by atoms with E-state index in [1.165, 1.54) is 0 Å². The van der Waals surface area contributed by atoms with E-state index in [2.05, 4.69) is 10.2 Å². The molecule has 2 rings (SSSR count). The lowest BCUT2D eigenvalue weighted by Crippen LogP contribution is -1.96. The lowest BCUT2D eigenvalue weighted by atomic mass is 10.1. The van der Waals surface area contributed by atoms with Crippen molar-refractivity contribution in [3.05, 3.63) is 41.0 Å². The topological polar surface area (TPSA) is 54.7 Å². The number of hydrogen-bond acceptors (Lipinski definition) is 2. The molecule has 0 saturated heterocycles. The minimum absolute atomic E-state index is 0.455. The minimum atomic E-state index is 0.455. The van der Waals surface area contributed by atoms with Crippen molar-refractivity contribution < 1.29 is 0 Å². The summed E-state index contributed by atoms with van der Waals surface area (Å²) < 4.78 is 0. The van der Waals surface area contributed by atoms with Crippen molar-refractivity contribution in [2.45, 2.75) is 6.54 Å². The van der Waals surface area contributed by atoms with E-state index in [1.54, 1.807) is 6.20 Å². The molecule has 0 radical (unpaired) electrons. The highest BCUT2D eigenvalue weighted by Crippen LogP contribution is 2.27. The van der Waals surface area contributed by atoms with E-state index in [4.69, 9.17) is 17.3 Å². The molecule has 0 spiro atoms. The normalized spacial score (nSPS) is 10.4. The van der Waals surface area contributed by atoms with Gasteiger partial charge in [-0.15, -0.1) is 0 Å². The Bertz CT molecular complexity index is 436. The summed E-state index contributed by atoms with van der Waals surface area (Å²) in [7, 11) is 0. The second-order valence-corrected chi connectivity index (χ2v) is 3.36. The summed E-state index contributed by atoms with van der Waals surface area (Å²) in [6.45, 7) is 0.455. The van der Waals surface area contributed by atoms with Crippen LogP contribution in [0.4, 0.5) is 0 Å². The second kappa shape index (κ2) is 3.82. The van der Waals surface area contributed by atoms with Gasteiger partial charge < -0.3 is 5.73 Å². The summed E-state index contributed by atoms with van der Waals surface area (Å²) in [4.78, 5) is 0. The van der Waals surface area contributed by atoms with Crippen molar-refractivity contribution in [1.29, 1.82) is 0 Å². The third-order valence-electron chi connectivity index (χ3n) is 2.08. The van der Waals surface area contributed by atoms with Crippen LogP contribution in [0.25, 0.3) is 11.3 Å². The van der Waals surface area contributed by atoms with Gasteiger partial charge in [0.05, 0.1) is 11.9 Å². The Labute approximate surface area is 86.9 Å². The number of H-pyrrole nitrogens is 1. The molecule has 14 heavy (non-hydrogen) atoms. The monoisotopic (exact) mass is 207 g/mol. The van der Waals surface area contributed by atoms with Gasteiger partial charge in [-0.3, -0.25) is 5.10 Å². The molecule has 0 aliphatic heterocycles. The van der Waals surface area contributed by atoms with Crippen LogP contribution in [0.2, 0.25) is 5.02 Å². The SMILES string of the molecule is NCc1cn[nH]c1-c1ccccc1Cl. The van der Waals surface area contributed by atoms with Crippen LogP contribution in [-0.4, -0.2) is 10.2 Å². The van der Waals surface area contributed by atoms with E-state index in [0.29, 0.717) is 11.6 Å². The molecule has 0 fully saturated rings. The van der Waals surface area contributed by atoms with Crippen molar-refractivity contribution in [2.75, 3.05) is 0 Å². The van der Waals surface area contributed by atoms with Crippen molar-refractivity contribution in [3.8, 4) is 11.3 Å². The lowest BCUT2D eigenvalue weighted by molar-refractivity contribution is 1.08. The highest BCUT2D eigenvalue weighted by atomic mass is 35.5. The molecule has 0 aliphatic rings. The molecule has 0 atom stereocenters. The molecule has 2 aromatic rings. The summed E-state index contributed by atoms with van der Waals surface area (Å²) in [6, 6.07) is 7.61. The van der Waals surface area contributed by atoms with Crippen LogP contribution in [0.1, 0.15) is 5.56 Å². The Morgan fingerprint density at radius 3 is 2.86 bits per heavy atom. The zero-order valence-corrected chi connectivity index (χ0v) is 8.25. The molecule has 1 aromatic heterocycles. The Morgan fingerprint density at radius 2 is 2.14 bits per heavy atom. The number of aromatic amines is 1. The standard InChI is InChI=1S/C10H10ClN3/c11-9-4-2-1-3-8(9)10-7(5-12)6-13-14-10/h1-4,6H,5,12H2,(H,13,14). The predicted molar refractivity (Wildman–Crippen MR) is 56.9 cm³/mol. The van der Waals surface area contributed by atoms with Gasteiger partial charge >= 0.3 is 0 Å². The van der Waals surface area contributed by atoms with Gasteiger partial charge in [0, 0.05) is 22.7 Å². The smallest absolute Gasteiger partial charge is 0.0710 e. The first-order valence-corrected chi connectivity index (χ1v) is 4.68. The molecule has 0 bridgehead atoms. The average Bonchev–Trinajstić information content (AvgIpc) is 2.66. The quantitative estimate of drug-likeness (QED) is 0.793. The maximum Gasteiger partial charge on any atom is 0.0710 e. The van der Waals surface area contributed by atoms with Crippen LogP contribution in [0.15, 0.2) is 30.5 Å². The summed E-state index contributed by atoms with van der Waals surface area (Å²) >= 11 is 6.06. The zero-order valence-electron chi connectivity index (χ0n) is 7.50. The lowest BCUT2D eigenvalue weighted by Gasteiger charge is -2.02. The van der Waals surface area contributed by atoms with Crippen molar-refractivity contribution >= 4 is 11.6 Å². The van der Waals surface area contributed by atoms with E-state index in [1.807, 2.05) is 24.3 Å². The van der Waals surface area contributed by atoms with Crippen LogP contribution >= 0.6 is 11.6 Å². The zero-order chi connectivity index (χ0) is 9.97. The Kier molecular flexibility index (Phi) is 2.52. The Hall–Kier alpha value is -1.32. The van der Waals surface area contributed by atoms with E-state index < -0.39 is 0 Å². The van der Waals surface area contributed by atoms with E-state index in [9.17, 15) is 0 Å². The number of nitrogens with one attached hydrogen (secondary N) is 1. The van der Waals surface area contributed by atoms with E-state index in [0.717, 1.165) is 16.8 Å². The van der Waals surface area contributed by atoms with Crippen LogP contribution in [-0.2, 0) is 6.54 Å². The van der Waals surface area contributed by atoms with Gasteiger partial charge in [0.2, 0.25) is 0 Å². The fourth-order valence-electron chi connectivity index (χ4n) is 1.36. The molecular weight excluding hydrogens is 198 g/mol. The van der Waals surface area contributed by atoms with Crippen molar-refractivity contribution in [1.82, 2.24) is 10.2 Å². The van der Waals surface area contributed by atoms with Gasteiger partial charge in [-0.05, 0) is 6.07 Å². The van der Waals surface area contributed by atoms with Crippen LogP contribution in [0.5, 0.6) is 0 Å². The maximum absolute atomic E-state index is 6.06. The number of aromatic nitrogens is 2. The van der Waals surface area contributed by atoms with Gasteiger partial charge in [0.25, 0.3) is 0 Å². The number of halogens is 1. The highest BCUT2D eigenvalue weighted by molar-refractivity contribution is 6.33. The number of rotatable bonds is 2. The third-order valence-corrected chi connectivity index (χ3v) is 2.41. The van der Waals surface area contributed by atoms with E-state index >= 15 is 0 Å². The average molecular weight is 208 g/mol. The second-order valence-electron chi connectivity index (χ2n) is 2.95. The van der Waals surface area contributed by atoms with E-state index in [-0.39, 0.29) is 0 Å². The fraction of sp³-hybridized carbons (Fsp3) is 0.100. The summed E-state index contributed by atoms with van der Waals surface area (Å²) in [5.74, 6) is 0. The van der Waals surface area contributed by atoms with Gasteiger partial charge in [-0.2, -0.15) is 5.10 Å². The minimum Gasteiger partial charge on any atom is -0.326 e. The number of nitrogens with two attached hydrogens (primary N) is 1. The van der Waals surface area contributed by atoms with Crippen LogP contribution < -0.4 is 5.73 Å². The maximum atomic E-state index is 6.06. The molecule has 4 heteroatoms. The molecule has 1 heterocycles. The molecule has 0 amide bonds. The first-order chi connectivity index (χ1) is 6.83. The first kappa shape index (κ1) is 9.24. The van der Waals surface area contributed by atoms with Crippen molar-refractivity contribution in [3.63, 3.8) is 0 Å². The molecule has 3 N–H and O–H groups in total. The van der Waals surface area contributed by atoms with Gasteiger partial charge in [0.1, 0.15) is 0 Å². The van der Waals surface area contributed by atoms with Gasteiger partial charge in [-0.1, -0.05) is 29.8 Å². The molecule has 72 valence electrons. The molecule has 0 aliphatic carbocycles. The molecule has 0 saturated carbocycles.